The van der Waals surface area contributed by atoms with E-state index in [1.54, 1.807) is 28.8 Å². The van der Waals surface area contributed by atoms with Gasteiger partial charge in [0.1, 0.15) is 5.69 Å². The van der Waals surface area contributed by atoms with Crippen molar-refractivity contribution in [3.8, 4) is 17.0 Å². The van der Waals surface area contributed by atoms with Gasteiger partial charge >= 0.3 is 10.1 Å². The van der Waals surface area contributed by atoms with Crippen LogP contribution in [0, 0.1) is 7.05 Å². The Labute approximate surface area is 169 Å². The number of nitrogens with one attached hydrogen (secondary N) is 1. The van der Waals surface area contributed by atoms with Crippen molar-refractivity contribution in [2.24, 2.45) is 0 Å². The number of allylic oxidation sites excluding steroid dienone is 3. The molecule has 0 aliphatic heterocycles. The Morgan fingerprint density at radius 3 is 2.36 bits per heavy atom. The Hall–Kier alpha value is -3.36. The van der Waals surface area contributed by atoms with Gasteiger partial charge in [-0.05, 0) is 30.5 Å². The first-order valence-electron chi connectivity index (χ1n) is 8.78. The van der Waals surface area contributed by atoms with Crippen LogP contribution < -0.4 is 19.8 Å². The molecule has 2 heterocycles. The fourth-order valence-electron chi connectivity index (χ4n) is 2.89. The van der Waals surface area contributed by atoms with Crippen molar-refractivity contribution in [1.29, 1.82) is 0 Å². The number of benzene rings is 1. The third kappa shape index (κ3) is 5.09. The number of nitrogens with zero attached hydrogens (tertiary/aromatic N) is 1. The number of pyridine rings is 2. The molecule has 0 saturated carbocycles. The number of para-hydroxylation sites is 1. The second kappa shape index (κ2) is 10.1. The van der Waals surface area contributed by atoms with E-state index in [2.05, 4.69) is 12.0 Å². The molecular weight excluding hydrogens is 345 g/mol. The van der Waals surface area contributed by atoms with Crippen molar-refractivity contribution in [1.82, 2.24) is 0 Å². The molecule has 0 atom stereocenters. The maximum atomic E-state index is 11.5. The van der Waals surface area contributed by atoms with E-state index in [0.29, 0.717) is 5.56 Å². The molecule has 0 spiro atoms. The van der Waals surface area contributed by atoms with Crippen molar-refractivity contribution in [2.75, 3.05) is 0 Å². The standard InChI is InChI=1S/C12H11NO.C11H11NO.Be/c1-13-9-5-4-7-11(13)10-6-2-3-8-12(10)14;13-11-7-2-1-5-9(11)10-6-3-4-8-12-10;/h2-9,14H,1H2;2-4,6-8,13H,1,5H2;/q;;+2/p-1. The molecule has 1 N–H and O–H groups in total. The number of hydrogen-bond donors (Lipinski definition) is 0. The fraction of sp³-hybridized carbons (Fsp3) is 0.0870. The molecule has 0 fully saturated rings. The Kier molecular flexibility index (Phi) is 7.55. The summed E-state index contributed by atoms with van der Waals surface area (Å²) in [6.07, 6.45) is 9.05. The Morgan fingerprint density at radius 2 is 1.68 bits per heavy atom. The van der Waals surface area contributed by atoms with E-state index in [1.807, 2.05) is 60.9 Å². The minimum absolute atomic E-state index is 0. The first-order valence-corrected chi connectivity index (χ1v) is 8.78. The van der Waals surface area contributed by atoms with Crippen LogP contribution in [0.15, 0.2) is 91.0 Å². The number of aromatic nitrogens is 2. The average Bonchev–Trinajstić information content (AvgIpc) is 2.71. The predicted molar refractivity (Wildman–Crippen MR) is 106 cm³/mol. The van der Waals surface area contributed by atoms with E-state index in [9.17, 15) is 10.2 Å². The SMILES string of the molecule is [Be+2].[CH2-][n+]1ccccc1-c1ccccc1[O-].[O-]C1=C(c2cccc[nH+]2)CCC=C1. The van der Waals surface area contributed by atoms with Gasteiger partial charge < -0.3 is 14.8 Å². The molecule has 5 heteroatoms. The molecule has 28 heavy (non-hydrogen) atoms. The summed E-state index contributed by atoms with van der Waals surface area (Å²) >= 11 is 0. The fourth-order valence-corrected chi connectivity index (χ4v) is 2.89. The van der Waals surface area contributed by atoms with Gasteiger partial charge in [-0.2, -0.15) is 0 Å². The molecule has 2 aromatic heterocycles. The van der Waals surface area contributed by atoms with Gasteiger partial charge in [-0.15, -0.1) is 5.75 Å². The summed E-state index contributed by atoms with van der Waals surface area (Å²) in [6, 6.07) is 18.4. The number of H-pyrrole nitrogens is 1. The van der Waals surface area contributed by atoms with Crippen LogP contribution in [-0.2, 0) is 0 Å². The molecule has 3 aromatic rings. The van der Waals surface area contributed by atoms with Gasteiger partial charge in [0.2, 0.25) is 5.69 Å². The molecule has 1 aliphatic rings. The van der Waals surface area contributed by atoms with Crippen LogP contribution in [-0.4, -0.2) is 10.1 Å². The summed E-state index contributed by atoms with van der Waals surface area (Å²) in [5.74, 6) is 0.157. The quantitative estimate of drug-likeness (QED) is 0.395. The first-order chi connectivity index (χ1) is 13.2. The number of aromatic amines is 1. The largest absolute Gasteiger partial charge is 2.00 e. The van der Waals surface area contributed by atoms with Crippen LogP contribution >= 0.6 is 0 Å². The summed E-state index contributed by atoms with van der Waals surface area (Å²) in [5.41, 5.74) is 3.35. The van der Waals surface area contributed by atoms with Gasteiger partial charge in [0.05, 0.1) is 6.20 Å². The van der Waals surface area contributed by atoms with Gasteiger partial charge in [-0.3, -0.25) is 0 Å². The zero-order valence-electron chi connectivity index (χ0n) is 15.7. The normalized spacial score (nSPS) is 12.6. The molecule has 1 aromatic carbocycles. The van der Waals surface area contributed by atoms with Crippen LogP contribution in [0.1, 0.15) is 18.5 Å². The van der Waals surface area contributed by atoms with Gasteiger partial charge in [-0.25, -0.2) is 4.98 Å². The Bertz CT molecular complexity index is 926. The first kappa shape index (κ1) is 20.9. The Balaban J connectivity index is 0.000000194. The molecule has 0 saturated heterocycles. The van der Waals surface area contributed by atoms with Gasteiger partial charge in [0.25, 0.3) is 0 Å². The maximum absolute atomic E-state index is 11.5. The minimum Gasteiger partial charge on any atom is -0.873 e. The monoisotopic (exact) mass is 366 g/mol. The van der Waals surface area contributed by atoms with Crippen molar-refractivity contribution in [2.45, 2.75) is 12.8 Å². The van der Waals surface area contributed by atoms with Gasteiger partial charge in [0, 0.05) is 24.8 Å². The molecule has 1 aliphatic carbocycles. The summed E-state index contributed by atoms with van der Waals surface area (Å²) in [5, 5.41) is 23.0. The number of hydrogen-bond acceptors (Lipinski definition) is 2. The zero-order valence-corrected chi connectivity index (χ0v) is 15.7. The summed E-state index contributed by atoms with van der Waals surface area (Å²) in [7, 11) is 3.82. The van der Waals surface area contributed by atoms with E-state index in [-0.39, 0.29) is 21.6 Å². The van der Waals surface area contributed by atoms with Gasteiger partial charge in [0.15, 0.2) is 6.20 Å². The van der Waals surface area contributed by atoms with Crippen LogP contribution in [0.2, 0.25) is 0 Å². The van der Waals surface area contributed by atoms with E-state index in [4.69, 9.17) is 0 Å². The molecule has 0 unspecified atom stereocenters. The van der Waals surface area contributed by atoms with Crippen molar-refractivity contribution < 1.29 is 19.8 Å². The summed E-state index contributed by atoms with van der Waals surface area (Å²) in [6.45, 7) is 0. The molecule has 0 radical (unpaired) electrons. The van der Waals surface area contributed by atoms with Crippen molar-refractivity contribution in [3.63, 3.8) is 0 Å². The topological polar surface area (TPSA) is 64.1 Å². The number of rotatable bonds is 2. The molecule has 136 valence electrons. The van der Waals surface area contributed by atoms with Crippen molar-refractivity contribution >= 4 is 15.7 Å². The second-order valence-electron chi connectivity index (χ2n) is 6.11. The predicted octanol–water partition coefficient (Wildman–Crippen LogP) is 1.90. The maximum Gasteiger partial charge on any atom is 2.00 e. The summed E-state index contributed by atoms with van der Waals surface area (Å²) < 4.78 is 1.69. The van der Waals surface area contributed by atoms with E-state index in [1.165, 1.54) is 0 Å². The zero-order chi connectivity index (χ0) is 19.1. The van der Waals surface area contributed by atoms with Crippen LogP contribution in [0.4, 0.5) is 0 Å². The molecular formula is C23H21BeN2O2+. The Morgan fingerprint density at radius 1 is 0.929 bits per heavy atom. The second-order valence-corrected chi connectivity index (χ2v) is 6.11. The van der Waals surface area contributed by atoms with Crippen LogP contribution in [0.5, 0.6) is 5.75 Å². The summed E-state index contributed by atoms with van der Waals surface area (Å²) in [4.78, 5) is 3.08. The third-order valence-corrected chi connectivity index (χ3v) is 4.27. The molecule has 4 nitrogen and oxygen atoms in total. The minimum atomic E-state index is 0. The van der Waals surface area contributed by atoms with Crippen LogP contribution in [0.3, 0.4) is 0 Å². The molecule has 0 bridgehead atoms. The average molecular weight is 366 g/mol. The molecule has 0 amide bonds. The smallest absolute Gasteiger partial charge is 0.873 e. The third-order valence-electron chi connectivity index (χ3n) is 4.27. The van der Waals surface area contributed by atoms with Gasteiger partial charge in [-0.1, -0.05) is 54.3 Å². The van der Waals surface area contributed by atoms with E-state index in [0.717, 1.165) is 29.8 Å². The van der Waals surface area contributed by atoms with E-state index < -0.39 is 0 Å². The van der Waals surface area contributed by atoms with Crippen molar-refractivity contribution in [3.05, 3.63) is 104 Å². The van der Waals surface area contributed by atoms with E-state index >= 15 is 0 Å². The van der Waals surface area contributed by atoms with Crippen LogP contribution in [0.25, 0.3) is 16.8 Å². The molecule has 4 rings (SSSR count).